The second kappa shape index (κ2) is 17.6. The Balaban J connectivity index is 0.000000172. The molecule has 8 aromatic carbocycles. The Kier molecular flexibility index (Phi) is 11.6. The maximum absolute atomic E-state index is 5.98. The van der Waals surface area contributed by atoms with Gasteiger partial charge in [0.15, 0.2) is 0 Å². The molecular weight excluding hydrogens is 725 g/mol. The van der Waals surface area contributed by atoms with E-state index in [0.29, 0.717) is 0 Å². The van der Waals surface area contributed by atoms with E-state index in [2.05, 4.69) is 232 Å². The lowest BCUT2D eigenvalue weighted by Gasteiger charge is -2.23. The largest absolute Gasteiger partial charge is 0.399 e. The first-order chi connectivity index (χ1) is 29.3. The molecule has 0 fully saturated rings. The standard InChI is InChI=1S/C34H32.C24H18N2/c1-5-12-29(32-17-9-10-18-33(32)34(2,3)4)24-21-26-19-22-28(23-20-26)31-16-11-15-30(25-31)27-13-7-6-8-14-27;25-19-8-6-7-17(15-19)18-13-14-24-22(16-18)21-11-4-5-12-23(21)26(24)20-9-2-1-3-10-20/h5-25H,1H2,2-4H3;1-16H,25H2/b24-21-,29-12+;. The highest BCUT2D eigenvalue weighted by molar-refractivity contribution is 6.10. The molecule has 0 spiro atoms. The third-order valence-corrected chi connectivity index (χ3v) is 10.9. The van der Waals surface area contributed by atoms with Crippen LogP contribution in [0.15, 0.2) is 225 Å². The summed E-state index contributed by atoms with van der Waals surface area (Å²) in [7, 11) is 0. The smallest absolute Gasteiger partial charge is 0.0541 e. The molecule has 9 aromatic rings. The maximum atomic E-state index is 5.98. The Morgan fingerprint density at radius 3 is 1.75 bits per heavy atom. The zero-order valence-corrected chi connectivity index (χ0v) is 34.6. The summed E-state index contributed by atoms with van der Waals surface area (Å²) in [5, 5.41) is 2.52. The number of para-hydroxylation sites is 2. The van der Waals surface area contributed by atoms with E-state index in [4.69, 9.17) is 5.73 Å². The fraction of sp³-hybridized carbons (Fsp3) is 0.0690. The lowest BCUT2D eigenvalue weighted by atomic mass is 9.81. The molecule has 1 aromatic heterocycles. The predicted molar refractivity (Wildman–Crippen MR) is 260 cm³/mol. The van der Waals surface area contributed by atoms with Crippen LogP contribution in [-0.4, -0.2) is 4.57 Å². The molecule has 292 valence electrons. The van der Waals surface area contributed by atoms with E-state index in [9.17, 15) is 0 Å². The van der Waals surface area contributed by atoms with Crippen molar-refractivity contribution in [3.63, 3.8) is 0 Å². The van der Waals surface area contributed by atoms with Crippen LogP contribution < -0.4 is 5.73 Å². The van der Waals surface area contributed by atoms with E-state index in [1.165, 1.54) is 77.6 Å². The van der Waals surface area contributed by atoms with Crippen LogP contribution in [-0.2, 0) is 5.41 Å². The number of nitrogens with zero attached hydrogens (tertiary/aromatic N) is 1. The number of hydrogen-bond donors (Lipinski definition) is 1. The highest BCUT2D eigenvalue weighted by Crippen LogP contribution is 2.36. The van der Waals surface area contributed by atoms with E-state index < -0.39 is 0 Å². The summed E-state index contributed by atoms with van der Waals surface area (Å²) in [5.74, 6) is 0. The molecule has 60 heavy (non-hydrogen) atoms. The van der Waals surface area contributed by atoms with Gasteiger partial charge in [0.2, 0.25) is 0 Å². The number of aromatic nitrogens is 1. The zero-order valence-electron chi connectivity index (χ0n) is 34.6. The molecule has 2 nitrogen and oxygen atoms in total. The summed E-state index contributed by atoms with van der Waals surface area (Å²) in [6.07, 6.45) is 8.32. The van der Waals surface area contributed by atoms with E-state index in [1.54, 1.807) is 0 Å². The van der Waals surface area contributed by atoms with E-state index in [1.807, 2.05) is 24.3 Å². The summed E-state index contributed by atoms with van der Waals surface area (Å²) >= 11 is 0. The summed E-state index contributed by atoms with van der Waals surface area (Å²) in [4.78, 5) is 0. The quantitative estimate of drug-likeness (QED) is 0.121. The van der Waals surface area contributed by atoms with Gasteiger partial charge in [0, 0.05) is 22.1 Å². The lowest BCUT2D eigenvalue weighted by Crippen LogP contribution is -2.13. The molecule has 0 aliphatic heterocycles. The van der Waals surface area contributed by atoms with Gasteiger partial charge in [0.1, 0.15) is 0 Å². The van der Waals surface area contributed by atoms with Crippen molar-refractivity contribution in [2.45, 2.75) is 26.2 Å². The first-order valence-electron chi connectivity index (χ1n) is 20.6. The average Bonchev–Trinajstić information content (AvgIpc) is 3.62. The van der Waals surface area contributed by atoms with Crippen LogP contribution >= 0.6 is 0 Å². The zero-order chi connectivity index (χ0) is 41.5. The summed E-state index contributed by atoms with van der Waals surface area (Å²) in [5.41, 5.74) is 22.6. The van der Waals surface area contributed by atoms with Crippen LogP contribution in [0.3, 0.4) is 0 Å². The van der Waals surface area contributed by atoms with Crippen LogP contribution in [0.1, 0.15) is 37.5 Å². The molecule has 0 unspecified atom stereocenters. The van der Waals surface area contributed by atoms with Crippen LogP contribution in [0, 0.1) is 0 Å². The molecule has 0 radical (unpaired) electrons. The predicted octanol–water partition coefficient (Wildman–Crippen LogP) is 15.6. The molecule has 0 amide bonds. The molecule has 0 atom stereocenters. The molecule has 9 rings (SSSR count). The minimum atomic E-state index is 0.0701. The van der Waals surface area contributed by atoms with E-state index >= 15 is 0 Å². The van der Waals surface area contributed by atoms with E-state index in [-0.39, 0.29) is 5.41 Å². The van der Waals surface area contributed by atoms with Gasteiger partial charge in [0.05, 0.1) is 11.0 Å². The van der Waals surface area contributed by atoms with Crippen LogP contribution in [0.5, 0.6) is 0 Å². The average molecular weight is 775 g/mol. The molecule has 0 aliphatic rings. The summed E-state index contributed by atoms with van der Waals surface area (Å²) in [6.45, 7) is 10.7. The number of nitrogens with two attached hydrogens (primary N) is 1. The number of benzene rings is 8. The fourth-order valence-electron chi connectivity index (χ4n) is 7.96. The minimum Gasteiger partial charge on any atom is -0.399 e. The van der Waals surface area contributed by atoms with E-state index in [0.717, 1.165) is 11.3 Å². The van der Waals surface area contributed by atoms with Gasteiger partial charge in [-0.25, -0.2) is 0 Å². The molecule has 0 aliphatic carbocycles. The number of anilines is 1. The molecule has 0 saturated carbocycles. The van der Waals surface area contributed by atoms with Crippen molar-refractivity contribution in [1.82, 2.24) is 4.57 Å². The molecule has 0 bridgehead atoms. The lowest BCUT2D eigenvalue weighted by molar-refractivity contribution is 0.589. The van der Waals surface area contributed by atoms with Crippen LogP contribution in [0.25, 0.3) is 72.5 Å². The van der Waals surface area contributed by atoms with Gasteiger partial charge in [-0.05, 0) is 110 Å². The van der Waals surface area contributed by atoms with Gasteiger partial charge in [-0.15, -0.1) is 0 Å². The molecule has 1 heterocycles. The molecule has 0 saturated heterocycles. The Labute approximate surface area is 354 Å². The number of rotatable bonds is 8. The third-order valence-electron chi connectivity index (χ3n) is 10.9. The second-order valence-corrected chi connectivity index (χ2v) is 16.1. The number of nitrogen functional groups attached to an aromatic ring is 1. The first kappa shape index (κ1) is 39.4. The second-order valence-electron chi connectivity index (χ2n) is 16.1. The molecule has 2 heteroatoms. The monoisotopic (exact) mass is 774 g/mol. The van der Waals surface area contributed by atoms with Crippen molar-refractivity contribution in [2.24, 2.45) is 0 Å². The van der Waals surface area contributed by atoms with Crippen LogP contribution in [0.4, 0.5) is 5.69 Å². The van der Waals surface area contributed by atoms with Crippen LogP contribution in [0.2, 0.25) is 0 Å². The van der Waals surface area contributed by atoms with Gasteiger partial charge in [-0.1, -0.05) is 203 Å². The van der Waals surface area contributed by atoms with Crippen molar-refractivity contribution in [3.05, 3.63) is 242 Å². The van der Waals surface area contributed by atoms with Gasteiger partial charge < -0.3 is 10.3 Å². The Morgan fingerprint density at radius 2 is 1.05 bits per heavy atom. The van der Waals surface area contributed by atoms with Gasteiger partial charge >= 0.3 is 0 Å². The Hall–Kier alpha value is -7.42. The van der Waals surface area contributed by atoms with Gasteiger partial charge in [-0.2, -0.15) is 0 Å². The minimum absolute atomic E-state index is 0.0701. The molecule has 2 N–H and O–H groups in total. The molecular formula is C58H50N2. The number of hydrogen-bond acceptors (Lipinski definition) is 1. The van der Waals surface area contributed by atoms with Crippen molar-refractivity contribution >= 4 is 39.1 Å². The topological polar surface area (TPSA) is 30.9 Å². The fourth-order valence-corrected chi connectivity index (χ4v) is 7.96. The Bertz CT molecular complexity index is 2960. The SMILES string of the molecule is C=C/C=C(\C=C/c1ccc(-c2cccc(-c3ccccc3)c2)cc1)c1ccccc1C(C)(C)C.Nc1cccc(-c2ccc3c(c2)c2ccccc2n3-c2ccccc2)c1. The number of allylic oxidation sites excluding steroid dienone is 4. The summed E-state index contributed by atoms with van der Waals surface area (Å²) < 4.78 is 2.33. The Morgan fingerprint density at radius 1 is 0.500 bits per heavy atom. The van der Waals surface area contributed by atoms with Crippen molar-refractivity contribution in [2.75, 3.05) is 5.73 Å². The highest BCUT2D eigenvalue weighted by Gasteiger charge is 2.18. The number of fused-ring (bicyclic) bond motifs is 3. The van der Waals surface area contributed by atoms with Gasteiger partial charge in [0.25, 0.3) is 0 Å². The maximum Gasteiger partial charge on any atom is 0.0541 e. The summed E-state index contributed by atoms with van der Waals surface area (Å²) in [6, 6.07) is 70.4. The first-order valence-corrected chi connectivity index (χ1v) is 20.6. The van der Waals surface area contributed by atoms with Crippen molar-refractivity contribution < 1.29 is 0 Å². The van der Waals surface area contributed by atoms with Gasteiger partial charge in [-0.3, -0.25) is 0 Å². The third kappa shape index (κ3) is 8.70. The van der Waals surface area contributed by atoms with Crippen molar-refractivity contribution in [1.29, 1.82) is 0 Å². The van der Waals surface area contributed by atoms with Crippen molar-refractivity contribution in [3.8, 4) is 39.1 Å². The highest BCUT2D eigenvalue weighted by atomic mass is 15.0. The normalized spacial score (nSPS) is 11.8.